The molecule has 0 saturated heterocycles. The lowest BCUT2D eigenvalue weighted by Gasteiger charge is -2.28. The number of alkyl halides is 1. The molecule has 5 heteroatoms. The van der Waals surface area contributed by atoms with Crippen LogP contribution in [0.25, 0.3) is 0 Å². The summed E-state index contributed by atoms with van der Waals surface area (Å²) in [6.45, 7) is 0.738. The van der Waals surface area contributed by atoms with E-state index in [9.17, 15) is 8.78 Å². The van der Waals surface area contributed by atoms with Gasteiger partial charge in [0.15, 0.2) is 0 Å². The molecule has 1 heterocycles. The minimum Gasteiger partial charge on any atom is -0.431 e. The second-order valence-corrected chi connectivity index (χ2v) is 3.84. The van der Waals surface area contributed by atoms with Crippen molar-refractivity contribution in [2.24, 2.45) is 10.7 Å². The molecule has 1 aliphatic rings. The first-order valence-electron chi connectivity index (χ1n) is 5.11. The Balaban J connectivity index is 2.59. The highest BCUT2D eigenvalue weighted by Gasteiger charge is 2.36. The Morgan fingerprint density at radius 3 is 2.71 bits per heavy atom. The summed E-state index contributed by atoms with van der Waals surface area (Å²) < 4.78 is 32.0. The summed E-state index contributed by atoms with van der Waals surface area (Å²) in [6.07, 6.45) is 1.43. The highest BCUT2D eigenvalue weighted by Crippen LogP contribution is 2.34. The van der Waals surface area contributed by atoms with Crippen molar-refractivity contribution in [1.82, 2.24) is 0 Å². The number of hydrogen-bond donors (Lipinski definition) is 1. The molecular weight excluding hydrogens is 226 g/mol. The quantitative estimate of drug-likeness (QED) is 0.858. The van der Waals surface area contributed by atoms with E-state index in [0.29, 0.717) is 5.76 Å². The molecule has 0 unspecified atom stereocenters. The van der Waals surface area contributed by atoms with Gasteiger partial charge in [-0.2, -0.15) is 0 Å². The number of nitrogens with zero attached hydrogens (tertiary/aromatic N) is 1. The van der Waals surface area contributed by atoms with Crippen molar-refractivity contribution in [2.75, 3.05) is 6.67 Å². The Labute approximate surface area is 97.6 Å². The van der Waals surface area contributed by atoms with Crippen LogP contribution >= 0.6 is 0 Å². The van der Waals surface area contributed by atoms with E-state index in [4.69, 9.17) is 10.5 Å². The van der Waals surface area contributed by atoms with Crippen LogP contribution in [-0.2, 0) is 10.3 Å². The molecule has 0 amide bonds. The Bertz CT molecular complexity index is 479. The zero-order valence-corrected chi connectivity index (χ0v) is 9.28. The predicted molar refractivity (Wildman–Crippen MR) is 60.5 cm³/mol. The third-order valence-corrected chi connectivity index (χ3v) is 2.56. The number of benzene rings is 1. The molecule has 0 radical (unpaired) electrons. The standard InChI is InChI=1S/C12H12F2N2O/c1-8-6-12(7-13,16-11(15)17-8)9-4-2-3-5-10(9)14/h2-6H,7H2,1H3,(H2,15,16)/t12-/m1/s1. The monoisotopic (exact) mass is 238 g/mol. The largest absolute Gasteiger partial charge is 0.431 e. The Morgan fingerprint density at radius 2 is 2.12 bits per heavy atom. The molecule has 3 nitrogen and oxygen atoms in total. The van der Waals surface area contributed by atoms with E-state index in [1.165, 1.54) is 24.3 Å². The van der Waals surface area contributed by atoms with Crippen molar-refractivity contribution in [1.29, 1.82) is 0 Å². The Hall–Kier alpha value is -1.91. The second-order valence-electron chi connectivity index (χ2n) is 3.84. The van der Waals surface area contributed by atoms with Crippen LogP contribution in [0.2, 0.25) is 0 Å². The molecule has 2 N–H and O–H groups in total. The van der Waals surface area contributed by atoms with Crippen molar-refractivity contribution in [2.45, 2.75) is 12.5 Å². The van der Waals surface area contributed by atoms with Gasteiger partial charge in [0.1, 0.15) is 23.8 Å². The Morgan fingerprint density at radius 1 is 1.41 bits per heavy atom. The summed E-state index contributed by atoms with van der Waals surface area (Å²) in [5, 5.41) is 0. The summed E-state index contributed by atoms with van der Waals surface area (Å²) in [5.41, 5.74) is 4.19. The third kappa shape index (κ3) is 2.00. The van der Waals surface area contributed by atoms with Crippen LogP contribution in [0.3, 0.4) is 0 Å². The summed E-state index contributed by atoms with van der Waals surface area (Å²) >= 11 is 0. The number of hydrogen-bond acceptors (Lipinski definition) is 3. The van der Waals surface area contributed by atoms with Gasteiger partial charge in [0, 0.05) is 5.56 Å². The average Bonchev–Trinajstić information content (AvgIpc) is 2.28. The zero-order valence-electron chi connectivity index (χ0n) is 9.28. The van der Waals surface area contributed by atoms with Crippen molar-refractivity contribution in [3.63, 3.8) is 0 Å². The summed E-state index contributed by atoms with van der Waals surface area (Å²) in [5.74, 6) is -0.119. The smallest absolute Gasteiger partial charge is 0.288 e. The molecule has 1 aromatic rings. The predicted octanol–water partition coefficient (Wildman–Crippen LogP) is 2.24. The number of aliphatic imine (C=N–C) groups is 1. The molecular formula is C12H12F2N2O. The molecule has 0 bridgehead atoms. The van der Waals surface area contributed by atoms with Crippen LogP contribution in [0.4, 0.5) is 8.78 Å². The highest BCUT2D eigenvalue weighted by molar-refractivity contribution is 5.74. The second kappa shape index (κ2) is 4.16. The molecule has 90 valence electrons. The first-order valence-corrected chi connectivity index (χ1v) is 5.11. The molecule has 2 rings (SSSR count). The molecule has 0 spiro atoms. The van der Waals surface area contributed by atoms with Gasteiger partial charge in [-0.15, -0.1) is 0 Å². The van der Waals surface area contributed by atoms with Gasteiger partial charge in [-0.3, -0.25) is 0 Å². The van der Waals surface area contributed by atoms with Crippen LogP contribution in [0, 0.1) is 5.82 Å². The molecule has 1 aromatic carbocycles. The molecule has 0 aliphatic carbocycles. The average molecular weight is 238 g/mol. The van der Waals surface area contributed by atoms with Crippen LogP contribution in [0.5, 0.6) is 0 Å². The molecule has 17 heavy (non-hydrogen) atoms. The highest BCUT2D eigenvalue weighted by atomic mass is 19.1. The van der Waals surface area contributed by atoms with Crippen molar-refractivity contribution < 1.29 is 13.5 Å². The Kier molecular flexibility index (Phi) is 2.83. The number of allylic oxidation sites excluding steroid dienone is 1. The van der Waals surface area contributed by atoms with E-state index in [-0.39, 0.29) is 11.6 Å². The van der Waals surface area contributed by atoms with E-state index < -0.39 is 18.0 Å². The summed E-state index contributed by atoms with van der Waals surface area (Å²) in [7, 11) is 0. The normalized spacial score (nSPS) is 23.7. The fourth-order valence-corrected chi connectivity index (χ4v) is 1.87. The molecule has 1 aliphatic heterocycles. The maximum Gasteiger partial charge on any atom is 0.288 e. The van der Waals surface area contributed by atoms with Crippen LogP contribution in [0.1, 0.15) is 12.5 Å². The first kappa shape index (κ1) is 11.6. The zero-order chi connectivity index (χ0) is 12.5. The maximum absolute atomic E-state index is 13.7. The minimum absolute atomic E-state index is 0.146. The van der Waals surface area contributed by atoms with E-state index >= 15 is 0 Å². The number of ether oxygens (including phenoxy) is 1. The van der Waals surface area contributed by atoms with Crippen molar-refractivity contribution in [3.05, 3.63) is 47.5 Å². The lowest BCUT2D eigenvalue weighted by Crippen LogP contribution is -2.34. The minimum atomic E-state index is -1.42. The molecule has 0 aromatic heterocycles. The van der Waals surface area contributed by atoms with Crippen LogP contribution < -0.4 is 5.73 Å². The van der Waals surface area contributed by atoms with Gasteiger partial charge in [-0.1, -0.05) is 18.2 Å². The van der Waals surface area contributed by atoms with Gasteiger partial charge >= 0.3 is 0 Å². The fraction of sp³-hybridized carbons (Fsp3) is 0.250. The van der Waals surface area contributed by atoms with E-state index in [1.54, 1.807) is 13.0 Å². The fourth-order valence-electron chi connectivity index (χ4n) is 1.87. The van der Waals surface area contributed by atoms with E-state index in [2.05, 4.69) is 4.99 Å². The van der Waals surface area contributed by atoms with E-state index in [0.717, 1.165) is 0 Å². The molecule has 0 saturated carbocycles. The van der Waals surface area contributed by atoms with Crippen molar-refractivity contribution >= 4 is 6.02 Å². The van der Waals surface area contributed by atoms with Gasteiger partial charge in [0.25, 0.3) is 6.02 Å². The summed E-state index contributed by atoms with van der Waals surface area (Å²) in [6, 6.07) is 5.75. The van der Waals surface area contributed by atoms with Crippen molar-refractivity contribution in [3.8, 4) is 0 Å². The first-order chi connectivity index (χ1) is 8.07. The van der Waals surface area contributed by atoms with Crippen LogP contribution in [-0.4, -0.2) is 12.7 Å². The van der Waals surface area contributed by atoms with Gasteiger partial charge in [0.05, 0.1) is 0 Å². The number of amidine groups is 1. The lowest BCUT2D eigenvalue weighted by atomic mass is 9.90. The maximum atomic E-state index is 13.7. The number of nitrogens with two attached hydrogens (primary N) is 1. The van der Waals surface area contributed by atoms with Gasteiger partial charge in [-0.25, -0.2) is 13.8 Å². The van der Waals surface area contributed by atoms with E-state index in [1.807, 2.05) is 0 Å². The SMILES string of the molecule is CC1=C[C@@](CF)(c2ccccc2F)N=C(N)O1. The van der Waals surface area contributed by atoms with Gasteiger partial charge in [0.2, 0.25) is 0 Å². The lowest BCUT2D eigenvalue weighted by molar-refractivity contribution is 0.308. The summed E-state index contributed by atoms with van der Waals surface area (Å²) in [4.78, 5) is 3.89. The van der Waals surface area contributed by atoms with Gasteiger partial charge < -0.3 is 10.5 Å². The topological polar surface area (TPSA) is 47.6 Å². The third-order valence-electron chi connectivity index (χ3n) is 2.56. The van der Waals surface area contributed by atoms with Crippen LogP contribution in [0.15, 0.2) is 41.1 Å². The van der Waals surface area contributed by atoms with Gasteiger partial charge in [-0.05, 0) is 19.1 Å². The molecule has 1 atom stereocenters. The molecule has 0 fully saturated rings. The number of halogens is 2. The number of rotatable bonds is 2.